The zero-order valence-electron chi connectivity index (χ0n) is 17.8. The second-order valence-electron chi connectivity index (χ2n) is 7.36. The molecule has 0 saturated carbocycles. The van der Waals surface area contributed by atoms with E-state index in [-0.39, 0.29) is 11.4 Å². The topological polar surface area (TPSA) is 99.2 Å². The molecule has 1 aromatic heterocycles. The van der Waals surface area contributed by atoms with Gasteiger partial charge in [-0.2, -0.15) is 0 Å². The van der Waals surface area contributed by atoms with Crippen LogP contribution in [0.3, 0.4) is 0 Å². The predicted octanol–water partition coefficient (Wildman–Crippen LogP) is 4.87. The summed E-state index contributed by atoms with van der Waals surface area (Å²) < 4.78 is 8.17. The molecule has 0 spiro atoms. The number of rotatable bonds is 7. The minimum Gasteiger partial charge on any atom is -0.489 e. The molecule has 3 N–H and O–H groups in total. The van der Waals surface area contributed by atoms with Gasteiger partial charge in [0.25, 0.3) is 11.8 Å². The number of imidazole rings is 1. The van der Waals surface area contributed by atoms with E-state index in [0.29, 0.717) is 23.7 Å². The summed E-state index contributed by atoms with van der Waals surface area (Å²) in [7, 11) is 0. The van der Waals surface area contributed by atoms with Crippen LogP contribution < -0.4 is 15.8 Å². The van der Waals surface area contributed by atoms with Gasteiger partial charge in [-0.1, -0.05) is 52.3 Å². The Balaban J connectivity index is 1.55. The number of aryl methyl sites for hydroxylation is 1. The number of benzene rings is 3. The van der Waals surface area contributed by atoms with E-state index in [9.17, 15) is 9.59 Å². The highest BCUT2D eigenvalue weighted by molar-refractivity contribution is 9.10. The second-order valence-corrected chi connectivity index (χ2v) is 8.28. The van der Waals surface area contributed by atoms with Crippen molar-refractivity contribution in [2.24, 2.45) is 5.73 Å². The van der Waals surface area contributed by atoms with E-state index in [1.807, 2.05) is 55.5 Å². The Morgan fingerprint density at radius 3 is 2.48 bits per heavy atom. The van der Waals surface area contributed by atoms with Crippen LogP contribution >= 0.6 is 15.9 Å². The molecule has 4 rings (SSSR count). The summed E-state index contributed by atoms with van der Waals surface area (Å²) in [6.45, 7) is 2.35. The third kappa shape index (κ3) is 5.12. The van der Waals surface area contributed by atoms with Gasteiger partial charge in [-0.15, -0.1) is 0 Å². The highest BCUT2D eigenvalue weighted by Gasteiger charge is 2.24. The highest BCUT2D eigenvalue weighted by atomic mass is 79.9. The summed E-state index contributed by atoms with van der Waals surface area (Å²) in [6.07, 6.45) is 1.42. The lowest BCUT2D eigenvalue weighted by Crippen LogP contribution is -2.23. The molecule has 3 aromatic carbocycles. The van der Waals surface area contributed by atoms with E-state index in [1.165, 1.54) is 6.33 Å². The fourth-order valence-corrected chi connectivity index (χ4v) is 3.69. The minimum absolute atomic E-state index is 0.0631. The third-order valence-corrected chi connectivity index (χ3v) is 5.50. The molecule has 1 heterocycles. The van der Waals surface area contributed by atoms with Crippen molar-refractivity contribution in [1.82, 2.24) is 9.55 Å². The van der Waals surface area contributed by atoms with Crippen molar-refractivity contribution in [2.45, 2.75) is 13.5 Å². The van der Waals surface area contributed by atoms with Gasteiger partial charge in [-0.3, -0.25) is 14.2 Å². The van der Waals surface area contributed by atoms with Crippen LogP contribution in [0.4, 0.5) is 5.69 Å². The molecular formula is C25H21BrN4O3. The lowest BCUT2D eigenvalue weighted by molar-refractivity contribution is 0.0971. The number of anilines is 1. The molecule has 0 fully saturated rings. The van der Waals surface area contributed by atoms with Gasteiger partial charge in [-0.25, -0.2) is 4.98 Å². The summed E-state index contributed by atoms with van der Waals surface area (Å²) in [5.41, 5.74) is 8.66. The number of hydrogen-bond acceptors (Lipinski definition) is 4. The maximum absolute atomic E-state index is 13.2. The molecule has 4 aromatic rings. The Labute approximate surface area is 199 Å². The molecule has 7 nitrogen and oxygen atoms in total. The first-order chi connectivity index (χ1) is 15.9. The summed E-state index contributed by atoms with van der Waals surface area (Å²) in [4.78, 5) is 29.2. The van der Waals surface area contributed by atoms with E-state index in [1.54, 1.807) is 28.8 Å². The number of hydrogen-bond donors (Lipinski definition) is 2. The minimum atomic E-state index is -0.781. The maximum Gasteiger partial charge on any atom is 0.275 e. The average Bonchev–Trinajstić information content (AvgIpc) is 3.26. The van der Waals surface area contributed by atoms with E-state index in [4.69, 9.17) is 10.5 Å². The van der Waals surface area contributed by atoms with Crippen molar-refractivity contribution in [3.8, 4) is 11.4 Å². The Bertz CT molecular complexity index is 1300. The summed E-state index contributed by atoms with van der Waals surface area (Å²) in [5.74, 6) is -0.612. The number of aromatic nitrogens is 2. The number of carbonyl (C=O) groups is 2. The average molecular weight is 505 g/mol. The highest BCUT2D eigenvalue weighted by Crippen LogP contribution is 2.24. The zero-order valence-corrected chi connectivity index (χ0v) is 19.4. The number of nitrogens with zero attached hydrogens (tertiary/aromatic N) is 2. The smallest absolute Gasteiger partial charge is 0.275 e. The molecule has 166 valence electrons. The number of halogens is 1. The fraction of sp³-hybridized carbons (Fsp3) is 0.0800. The van der Waals surface area contributed by atoms with Gasteiger partial charge in [-0.05, 0) is 54.4 Å². The van der Waals surface area contributed by atoms with E-state index in [2.05, 4.69) is 26.2 Å². The van der Waals surface area contributed by atoms with Crippen LogP contribution in [0.5, 0.6) is 5.75 Å². The first-order valence-electron chi connectivity index (χ1n) is 10.1. The second kappa shape index (κ2) is 9.70. The van der Waals surface area contributed by atoms with Gasteiger partial charge in [0.1, 0.15) is 24.4 Å². The molecule has 0 radical (unpaired) electrons. The van der Waals surface area contributed by atoms with Gasteiger partial charge >= 0.3 is 0 Å². The van der Waals surface area contributed by atoms with Crippen LogP contribution in [-0.2, 0) is 6.61 Å². The van der Waals surface area contributed by atoms with Crippen molar-refractivity contribution in [3.63, 3.8) is 0 Å². The normalized spacial score (nSPS) is 10.6. The number of carbonyl (C=O) groups excluding carboxylic acids is 2. The summed E-state index contributed by atoms with van der Waals surface area (Å²) >= 11 is 3.44. The number of nitrogens with two attached hydrogens (primary N) is 1. The van der Waals surface area contributed by atoms with Gasteiger partial charge in [0.15, 0.2) is 5.69 Å². The molecule has 0 saturated heterocycles. The molecule has 0 aliphatic carbocycles. The number of amides is 2. The zero-order chi connectivity index (χ0) is 23.4. The molecule has 0 unspecified atom stereocenters. The van der Waals surface area contributed by atoms with Crippen LogP contribution in [0.1, 0.15) is 32.1 Å². The maximum atomic E-state index is 13.2. The molecule has 2 amide bonds. The SMILES string of the molecule is Cc1ccc(Br)cc1-n1cnc(C(N)=O)c1C(=O)Nc1ccc(OCc2ccccc2)cc1. The largest absolute Gasteiger partial charge is 0.489 e. The molecule has 0 aliphatic heterocycles. The summed E-state index contributed by atoms with van der Waals surface area (Å²) in [5, 5.41) is 2.81. The molecule has 8 heteroatoms. The van der Waals surface area contributed by atoms with Crippen molar-refractivity contribution >= 4 is 33.4 Å². The fourth-order valence-electron chi connectivity index (χ4n) is 3.34. The Morgan fingerprint density at radius 2 is 1.79 bits per heavy atom. The molecule has 0 atom stereocenters. The Hall–Kier alpha value is -3.91. The molecular weight excluding hydrogens is 484 g/mol. The van der Waals surface area contributed by atoms with E-state index in [0.717, 1.165) is 15.6 Å². The molecule has 0 bridgehead atoms. The van der Waals surface area contributed by atoms with Crippen molar-refractivity contribution < 1.29 is 14.3 Å². The van der Waals surface area contributed by atoms with Gasteiger partial charge in [0.05, 0.1) is 5.69 Å². The van der Waals surface area contributed by atoms with Crippen LogP contribution in [0.25, 0.3) is 5.69 Å². The van der Waals surface area contributed by atoms with Crippen LogP contribution in [-0.4, -0.2) is 21.4 Å². The van der Waals surface area contributed by atoms with Crippen LogP contribution in [0, 0.1) is 6.92 Å². The first kappa shape index (κ1) is 22.3. The van der Waals surface area contributed by atoms with Gasteiger partial charge < -0.3 is 15.8 Å². The van der Waals surface area contributed by atoms with Crippen LogP contribution in [0.15, 0.2) is 83.6 Å². The third-order valence-electron chi connectivity index (χ3n) is 5.01. The van der Waals surface area contributed by atoms with Crippen molar-refractivity contribution in [1.29, 1.82) is 0 Å². The molecule has 33 heavy (non-hydrogen) atoms. The van der Waals surface area contributed by atoms with Crippen molar-refractivity contribution in [2.75, 3.05) is 5.32 Å². The monoisotopic (exact) mass is 504 g/mol. The number of nitrogens with one attached hydrogen (secondary N) is 1. The Kier molecular flexibility index (Phi) is 6.55. The van der Waals surface area contributed by atoms with Crippen LogP contribution in [0.2, 0.25) is 0 Å². The number of primary amides is 1. The van der Waals surface area contributed by atoms with E-state index >= 15 is 0 Å². The quantitative estimate of drug-likeness (QED) is 0.374. The van der Waals surface area contributed by atoms with Gasteiger partial charge in [0, 0.05) is 10.2 Å². The lowest BCUT2D eigenvalue weighted by atomic mass is 10.2. The first-order valence-corrected chi connectivity index (χ1v) is 10.9. The van der Waals surface area contributed by atoms with Gasteiger partial charge in [0.2, 0.25) is 0 Å². The standard InChI is InChI=1S/C25H21BrN4O3/c1-16-7-8-18(26)13-21(16)30-15-28-22(24(27)31)23(30)25(32)29-19-9-11-20(12-10-19)33-14-17-5-3-2-4-6-17/h2-13,15H,14H2,1H3,(H2,27,31)(H,29,32). The predicted molar refractivity (Wildman–Crippen MR) is 130 cm³/mol. The van der Waals surface area contributed by atoms with E-state index < -0.39 is 11.8 Å². The molecule has 0 aliphatic rings. The lowest BCUT2D eigenvalue weighted by Gasteiger charge is -2.13. The Morgan fingerprint density at radius 1 is 1.06 bits per heavy atom. The summed E-state index contributed by atoms with van der Waals surface area (Å²) in [6, 6.07) is 22.5. The number of ether oxygens (including phenoxy) is 1. The van der Waals surface area contributed by atoms with Crippen molar-refractivity contribution in [3.05, 3.63) is 106 Å².